The fourth-order valence-corrected chi connectivity index (χ4v) is 10.0. The van der Waals surface area contributed by atoms with Crippen LogP contribution in [0.2, 0.25) is 0 Å². The number of benzene rings is 10. The zero-order chi connectivity index (χ0) is 41.8. The number of anilines is 6. The molecule has 0 saturated heterocycles. The van der Waals surface area contributed by atoms with Crippen molar-refractivity contribution in [3.8, 4) is 0 Å². The van der Waals surface area contributed by atoms with Crippen LogP contribution in [-0.2, 0) is 0 Å². The van der Waals surface area contributed by atoms with E-state index in [0.717, 1.165) is 78.0 Å². The molecule has 4 heteroatoms. The molecule has 2 heterocycles. The van der Waals surface area contributed by atoms with E-state index in [2.05, 4.69) is 202 Å². The highest BCUT2D eigenvalue weighted by Crippen LogP contribution is 2.52. The summed E-state index contributed by atoms with van der Waals surface area (Å²) < 4.78 is 13.5. The van der Waals surface area contributed by atoms with Crippen LogP contribution in [0.5, 0.6) is 0 Å². The van der Waals surface area contributed by atoms with E-state index < -0.39 is 0 Å². The van der Waals surface area contributed by atoms with Crippen molar-refractivity contribution in [3.05, 3.63) is 192 Å². The second kappa shape index (κ2) is 13.7. The van der Waals surface area contributed by atoms with Crippen molar-refractivity contribution >= 4 is 110 Å². The predicted octanol–water partition coefficient (Wildman–Crippen LogP) is 17.4. The lowest BCUT2D eigenvalue weighted by Gasteiger charge is -2.31. The van der Waals surface area contributed by atoms with E-state index in [0.29, 0.717) is 0 Å². The van der Waals surface area contributed by atoms with Crippen LogP contribution in [0.4, 0.5) is 34.1 Å². The van der Waals surface area contributed by atoms with Gasteiger partial charge in [-0.3, -0.25) is 0 Å². The molecule has 10 aromatic carbocycles. The lowest BCUT2D eigenvalue weighted by atomic mass is 9.85. The summed E-state index contributed by atoms with van der Waals surface area (Å²) >= 11 is 0. The summed E-state index contributed by atoms with van der Waals surface area (Å²) in [7, 11) is 0. The number of aryl methyl sites for hydroxylation is 3. The molecule has 0 unspecified atom stereocenters. The van der Waals surface area contributed by atoms with Crippen molar-refractivity contribution in [2.75, 3.05) is 9.80 Å². The second-order valence-electron chi connectivity index (χ2n) is 17.3. The molecule has 12 rings (SSSR count). The molecule has 0 amide bonds. The van der Waals surface area contributed by atoms with Crippen molar-refractivity contribution < 1.29 is 8.83 Å². The van der Waals surface area contributed by atoms with E-state index in [1.54, 1.807) is 0 Å². The standard InChI is InChI=1S/C58H44N2O2/c1-34(2)48-33-52(60(39-26-22-36(4)23-27-39)50-17-11-15-45-42-13-7-9-19-54(42)62-58(45)50)47-30-28-40-37(5)32-51(46-31-29-43(48)56(47)55(40)46)59(38-24-20-35(3)21-25-38)49-16-10-14-44-41-12-6-8-18-53(41)61-57(44)49/h6-34H,1-5H3. The summed E-state index contributed by atoms with van der Waals surface area (Å²) in [5.41, 5.74) is 14.9. The number of hydrogen-bond donors (Lipinski definition) is 0. The topological polar surface area (TPSA) is 32.8 Å². The zero-order valence-electron chi connectivity index (χ0n) is 35.5. The molecule has 4 nitrogen and oxygen atoms in total. The number of fused-ring (bicyclic) bond motifs is 6. The largest absolute Gasteiger partial charge is 0.454 e. The lowest BCUT2D eigenvalue weighted by molar-refractivity contribution is 0.668. The summed E-state index contributed by atoms with van der Waals surface area (Å²) in [5.74, 6) is 0.260. The van der Waals surface area contributed by atoms with Gasteiger partial charge in [0.1, 0.15) is 11.2 Å². The summed E-state index contributed by atoms with van der Waals surface area (Å²) in [4.78, 5) is 4.84. The maximum atomic E-state index is 6.78. The Morgan fingerprint density at radius 1 is 0.371 bits per heavy atom. The Labute approximate surface area is 360 Å². The first-order valence-electron chi connectivity index (χ1n) is 21.6. The first-order valence-corrected chi connectivity index (χ1v) is 21.6. The average Bonchev–Trinajstić information content (AvgIpc) is 3.87. The van der Waals surface area contributed by atoms with Crippen molar-refractivity contribution in [2.24, 2.45) is 0 Å². The van der Waals surface area contributed by atoms with E-state index in [1.807, 2.05) is 12.1 Å². The highest BCUT2D eigenvalue weighted by Gasteiger charge is 2.27. The minimum atomic E-state index is 0.260. The molecule has 298 valence electrons. The number of rotatable bonds is 7. The van der Waals surface area contributed by atoms with E-state index >= 15 is 0 Å². The van der Waals surface area contributed by atoms with Crippen molar-refractivity contribution in [3.63, 3.8) is 0 Å². The Morgan fingerprint density at radius 2 is 0.806 bits per heavy atom. The van der Waals surface area contributed by atoms with Crippen molar-refractivity contribution in [1.82, 2.24) is 0 Å². The monoisotopic (exact) mass is 800 g/mol. The number of para-hydroxylation sites is 4. The molecule has 0 radical (unpaired) electrons. The van der Waals surface area contributed by atoms with Crippen LogP contribution in [0.1, 0.15) is 42.0 Å². The minimum Gasteiger partial charge on any atom is -0.454 e. The predicted molar refractivity (Wildman–Crippen MR) is 262 cm³/mol. The molecule has 0 atom stereocenters. The van der Waals surface area contributed by atoms with Gasteiger partial charge >= 0.3 is 0 Å². The van der Waals surface area contributed by atoms with Gasteiger partial charge in [0.2, 0.25) is 0 Å². The van der Waals surface area contributed by atoms with Gasteiger partial charge in [-0.05, 0) is 120 Å². The maximum absolute atomic E-state index is 6.78. The molecule has 0 aliphatic carbocycles. The third-order valence-corrected chi connectivity index (χ3v) is 13.0. The maximum Gasteiger partial charge on any atom is 0.159 e. The van der Waals surface area contributed by atoms with Gasteiger partial charge in [-0.15, -0.1) is 0 Å². The first kappa shape index (κ1) is 36.3. The molecular weight excluding hydrogens is 757 g/mol. The normalized spacial score (nSPS) is 12.1. The van der Waals surface area contributed by atoms with Gasteiger partial charge in [-0.1, -0.05) is 134 Å². The molecule has 62 heavy (non-hydrogen) atoms. The Balaban J connectivity index is 1.19. The third-order valence-electron chi connectivity index (χ3n) is 13.0. The quantitative estimate of drug-likeness (QED) is 0.150. The number of furan rings is 2. The van der Waals surface area contributed by atoms with E-state index in [1.165, 1.54) is 54.6 Å². The van der Waals surface area contributed by atoms with Crippen molar-refractivity contribution in [1.29, 1.82) is 0 Å². The molecule has 2 aromatic heterocycles. The lowest BCUT2D eigenvalue weighted by Crippen LogP contribution is -2.13. The summed E-state index contributed by atoms with van der Waals surface area (Å²) in [6.45, 7) is 11.2. The fraction of sp³-hybridized carbons (Fsp3) is 0.103. The molecule has 0 saturated carbocycles. The minimum absolute atomic E-state index is 0.260. The Kier molecular flexibility index (Phi) is 8.04. The van der Waals surface area contributed by atoms with Gasteiger partial charge in [0.15, 0.2) is 11.2 Å². The SMILES string of the molecule is Cc1ccc(N(c2cc(C)c3ccc4c(N(c5ccc(C)cc5)c5cccc6c5oc5ccccc56)cc(C(C)C)c5ccc2c3c54)c2cccc3c2oc2ccccc23)cc1. The molecule has 0 fully saturated rings. The Bertz CT molecular complexity index is 3700. The zero-order valence-corrected chi connectivity index (χ0v) is 35.5. The molecule has 12 aromatic rings. The van der Waals surface area contributed by atoms with E-state index in [9.17, 15) is 0 Å². The highest BCUT2D eigenvalue weighted by molar-refractivity contribution is 6.30. The van der Waals surface area contributed by atoms with E-state index in [4.69, 9.17) is 8.83 Å². The fourth-order valence-electron chi connectivity index (χ4n) is 10.0. The molecule has 0 bridgehead atoms. The van der Waals surface area contributed by atoms with Crippen LogP contribution in [0.3, 0.4) is 0 Å². The molecule has 0 aliphatic heterocycles. The van der Waals surface area contributed by atoms with Gasteiger partial charge in [-0.2, -0.15) is 0 Å². The third kappa shape index (κ3) is 5.39. The van der Waals surface area contributed by atoms with E-state index in [-0.39, 0.29) is 5.92 Å². The Morgan fingerprint density at radius 3 is 1.32 bits per heavy atom. The summed E-state index contributed by atoms with van der Waals surface area (Å²) in [6.07, 6.45) is 0. The summed E-state index contributed by atoms with van der Waals surface area (Å²) in [5, 5.41) is 11.9. The smallest absolute Gasteiger partial charge is 0.159 e. The Hall–Kier alpha value is -7.56. The van der Waals surface area contributed by atoms with Gasteiger partial charge in [0.05, 0.1) is 22.7 Å². The molecule has 0 aliphatic rings. The van der Waals surface area contributed by atoms with Crippen LogP contribution < -0.4 is 9.80 Å². The molecule has 0 N–H and O–H groups in total. The van der Waals surface area contributed by atoms with Gasteiger partial charge in [0, 0.05) is 43.7 Å². The first-order chi connectivity index (χ1) is 30.3. The molecular formula is C58H44N2O2. The number of nitrogens with zero attached hydrogens (tertiary/aromatic N) is 2. The van der Waals surface area contributed by atoms with Gasteiger partial charge in [-0.25, -0.2) is 0 Å². The van der Waals surface area contributed by atoms with Gasteiger partial charge < -0.3 is 18.6 Å². The van der Waals surface area contributed by atoms with Crippen LogP contribution in [-0.4, -0.2) is 0 Å². The number of hydrogen-bond acceptors (Lipinski definition) is 4. The van der Waals surface area contributed by atoms with Crippen LogP contribution in [0.15, 0.2) is 179 Å². The molecule has 0 spiro atoms. The highest BCUT2D eigenvalue weighted by atomic mass is 16.3. The van der Waals surface area contributed by atoms with Crippen LogP contribution in [0, 0.1) is 20.8 Å². The second-order valence-corrected chi connectivity index (χ2v) is 17.3. The summed E-state index contributed by atoms with van der Waals surface area (Å²) in [6, 6.07) is 61.8. The van der Waals surface area contributed by atoms with Crippen molar-refractivity contribution in [2.45, 2.75) is 40.5 Å². The van der Waals surface area contributed by atoms with Crippen LogP contribution >= 0.6 is 0 Å². The van der Waals surface area contributed by atoms with Crippen LogP contribution in [0.25, 0.3) is 76.2 Å². The average molecular weight is 801 g/mol. The van der Waals surface area contributed by atoms with Gasteiger partial charge in [0.25, 0.3) is 0 Å².